The number of pyridine rings is 1. The van der Waals surface area contributed by atoms with Crippen LogP contribution in [0.4, 0.5) is 0 Å². The van der Waals surface area contributed by atoms with E-state index in [0.717, 1.165) is 24.7 Å². The molecule has 51 heavy (non-hydrogen) atoms. The third-order valence-electron chi connectivity index (χ3n) is 12.8. The molecule has 0 N–H and O–H groups in total. The first-order valence-corrected chi connectivity index (χ1v) is 18.3. The van der Waals surface area contributed by atoms with Crippen molar-refractivity contribution in [3.63, 3.8) is 0 Å². The molecule has 4 aromatic carbocycles. The Labute approximate surface area is 301 Å². The van der Waals surface area contributed by atoms with Crippen molar-refractivity contribution in [2.24, 2.45) is 0 Å². The van der Waals surface area contributed by atoms with Gasteiger partial charge in [-0.15, -0.1) is 0 Å². The molecule has 2 aromatic heterocycles. The molecule has 3 aliphatic heterocycles. The van der Waals surface area contributed by atoms with Crippen molar-refractivity contribution in [2.45, 2.75) is 64.0 Å². The number of benzene rings is 4. The predicted molar refractivity (Wildman–Crippen MR) is 209 cm³/mol. The summed E-state index contributed by atoms with van der Waals surface area (Å²) < 4.78 is 2.58. The van der Waals surface area contributed by atoms with Crippen molar-refractivity contribution in [3.05, 3.63) is 155 Å². The average Bonchev–Trinajstić information content (AvgIpc) is 3.87. The Kier molecular flexibility index (Phi) is 6.77. The van der Waals surface area contributed by atoms with Crippen LogP contribution >= 0.6 is 0 Å². The van der Waals surface area contributed by atoms with Crippen LogP contribution in [0.15, 0.2) is 116 Å². The summed E-state index contributed by atoms with van der Waals surface area (Å²) in [5, 5.41) is 3.79. The zero-order chi connectivity index (χ0) is 35.4. The van der Waals surface area contributed by atoms with Gasteiger partial charge in [0.1, 0.15) is 5.65 Å². The van der Waals surface area contributed by atoms with Gasteiger partial charge < -0.3 is 19.6 Å². The first kappa shape index (κ1) is 31.7. The summed E-state index contributed by atoms with van der Waals surface area (Å²) in [6.45, 7) is 16.0. The highest BCUT2D eigenvalue weighted by Gasteiger charge is 2.50. The average molecular weight is 673 g/mol. The molecule has 6 nitrogen and oxygen atoms in total. The van der Waals surface area contributed by atoms with Gasteiger partial charge in [-0.3, -0.25) is 4.40 Å². The Balaban J connectivity index is 1.42. The van der Waals surface area contributed by atoms with Crippen LogP contribution in [0, 0.1) is 6.92 Å². The van der Waals surface area contributed by atoms with Crippen molar-refractivity contribution in [1.82, 2.24) is 29.0 Å². The number of aryl methyl sites for hydroxylation is 1. The minimum Gasteiger partial charge on any atom is -0.362 e. The van der Waals surface area contributed by atoms with Gasteiger partial charge in [0, 0.05) is 60.5 Å². The standard InChI is InChI=1S/C45H48N6/c1-30-19-22-36-40-37(30)34-21-20-33(45(6,32-17-13-10-14-18-32)50-26-24-48(8)29-50)27-35(34)42-46-38(41(51(40)42)44(4,5)43(36,2)3)39(31-15-11-9-12-16-31)49-25-23-47(7)28-49/h9-27,39H,28-29H2,1-8H3/t39-,45?/m1/s1. The summed E-state index contributed by atoms with van der Waals surface area (Å²) in [5.74, 6) is 0. The molecule has 0 bridgehead atoms. The summed E-state index contributed by atoms with van der Waals surface area (Å²) in [7, 11) is 4.29. The minimum absolute atomic E-state index is 0.0446. The van der Waals surface area contributed by atoms with Crippen LogP contribution in [0.3, 0.4) is 0 Å². The second-order valence-electron chi connectivity index (χ2n) is 16.3. The van der Waals surface area contributed by atoms with Crippen LogP contribution in [0.25, 0.3) is 27.3 Å². The molecule has 9 rings (SSSR count). The lowest BCUT2D eigenvalue weighted by atomic mass is 9.60. The number of imidazole rings is 1. The maximum absolute atomic E-state index is 5.87. The van der Waals surface area contributed by atoms with Crippen molar-refractivity contribution >= 4 is 27.3 Å². The lowest BCUT2D eigenvalue weighted by molar-refractivity contribution is 0.176. The van der Waals surface area contributed by atoms with Crippen LogP contribution in [-0.4, -0.2) is 56.4 Å². The molecular formula is C45H48N6. The molecule has 0 aliphatic carbocycles. The lowest BCUT2D eigenvalue weighted by Crippen LogP contribution is -2.45. The maximum Gasteiger partial charge on any atom is 0.145 e. The fourth-order valence-electron chi connectivity index (χ4n) is 9.22. The molecule has 0 saturated carbocycles. The van der Waals surface area contributed by atoms with E-state index in [1.165, 1.54) is 55.2 Å². The van der Waals surface area contributed by atoms with Crippen LogP contribution in [0.5, 0.6) is 0 Å². The third-order valence-corrected chi connectivity index (χ3v) is 12.8. The lowest BCUT2D eigenvalue weighted by Gasteiger charge is -2.47. The van der Waals surface area contributed by atoms with Gasteiger partial charge in [0.05, 0.1) is 41.8 Å². The Bertz CT molecular complexity index is 2400. The fraction of sp³-hybridized carbons (Fsp3) is 0.311. The van der Waals surface area contributed by atoms with E-state index in [9.17, 15) is 0 Å². The second-order valence-corrected chi connectivity index (χ2v) is 16.3. The number of hydrogen-bond donors (Lipinski definition) is 0. The van der Waals surface area contributed by atoms with E-state index in [1.807, 2.05) is 0 Å². The molecule has 0 fully saturated rings. The zero-order valence-corrected chi connectivity index (χ0v) is 31.1. The molecular weight excluding hydrogens is 625 g/mol. The molecule has 6 heteroatoms. The SMILES string of the molecule is Cc1ccc2c3c1c1ccc(C(C)(c4ccccc4)N4C=CN(C)C4)cc1c1nc([C@@H](c4ccccc4)N4C=CN(C)C4)c(n13)C(C)(C)C2(C)C. The molecule has 0 radical (unpaired) electrons. The van der Waals surface area contributed by atoms with E-state index < -0.39 is 5.54 Å². The second kappa shape index (κ2) is 10.9. The third kappa shape index (κ3) is 4.31. The summed E-state index contributed by atoms with van der Waals surface area (Å²) in [4.78, 5) is 15.3. The summed E-state index contributed by atoms with van der Waals surface area (Å²) in [6.07, 6.45) is 8.84. The molecule has 258 valence electrons. The molecule has 0 spiro atoms. The monoisotopic (exact) mass is 672 g/mol. The van der Waals surface area contributed by atoms with E-state index in [0.29, 0.717) is 0 Å². The Morgan fingerprint density at radius 1 is 0.706 bits per heavy atom. The van der Waals surface area contributed by atoms with Crippen LogP contribution in [0.1, 0.15) is 79.9 Å². The van der Waals surface area contributed by atoms with Crippen molar-refractivity contribution in [2.75, 3.05) is 27.4 Å². The topological polar surface area (TPSA) is 30.3 Å². The molecule has 0 amide bonds. The van der Waals surface area contributed by atoms with Gasteiger partial charge in [-0.2, -0.15) is 0 Å². The number of nitrogens with zero attached hydrogens (tertiary/aromatic N) is 6. The largest absolute Gasteiger partial charge is 0.362 e. The Hall–Kier alpha value is -5.23. The van der Waals surface area contributed by atoms with Crippen LogP contribution in [0.2, 0.25) is 0 Å². The van der Waals surface area contributed by atoms with Gasteiger partial charge in [0.15, 0.2) is 0 Å². The highest BCUT2D eigenvalue weighted by Crippen LogP contribution is 2.54. The van der Waals surface area contributed by atoms with Crippen LogP contribution in [-0.2, 0) is 16.4 Å². The van der Waals surface area contributed by atoms with Crippen molar-refractivity contribution in [3.8, 4) is 0 Å². The Morgan fingerprint density at radius 3 is 2.06 bits per heavy atom. The summed E-state index contributed by atoms with van der Waals surface area (Å²) in [5.41, 5.74) is 10.5. The molecule has 0 saturated heterocycles. The minimum atomic E-state index is -0.395. The molecule has 1 unspecified atom stereocenters. The number of hydrogen-bond acceptors (Lipinski definition) is 5. The van der Waals surface area contributed by atoms with E-state index in [4.69, 9.17) is 4.98 Å². The number of rotatable bonds is 6. The normalized spacial score (nSPS) is 19.3. The first-order valence-electron chi connectivity index (χ1n) is 18.3. The van der Waals surface area contributed by atoms with Gasteiger partial charge in [0.2, 0.25) is 0 Å². The smallest absolute Gasteiger partial charge is 0.145 e. The van der Waals surface area contributed by atoms with Gasteiger partial charge in [0.25, 0.3) is 0 Å². The Morgan fingerprint density at radius 2 is 1.39 bits per heavy atom. The van der Waals surface area contributed by atoms with Gasteiger partial charge in [-0.25, -0.2) is 4.98 Å². The highest BCUT2D eigenvalue weighted by molar-refractivity contribution is 6.14. The predicted octanol–water partition coefficient (Wildman–Crippen LogP) is 9.22. The molecule has 5 heterocycles. The summed E-state index contributed by atoms with van der Waals surface area (Å²) in [6, 6.07) is 33.8. The quantitative estimate of drug-likeness (QED) is 0.165. The molecule has 6 aromatic rings. The van der Waals surface area contributed by atoms with Crippen LogP contribution < -0.4 is 0 Å². The zero-order valence-electron chi connectivity index (χ0n) is 31.1. The van der Waals surface area contributed by atoms with Gasteiger partial charge >= 0.3 is 0 Å². The number of aromatic nitrogens is 2. The summed E-state index contributed by atoms with van der Waals surface area (Å²) >= 11 is 0. The van der Waals surface area contributed by atoms with E-state index in [1.54, 1.807) is 0 Å². The molecule has 3 aliphatic rings. The maximum atomic E-state index is 5.87. The first-order chi connectivity index (χ1) is 24.4. The van der Waals surface area contributed by atoms with Crippen molar-refractivity contribution in [1.29, 1.82) is 0 Å². The number of fused-ring (bicyclic) bond motifs is 3. The van der Waals surface area contributed by atoms with E-state index >= 15 is 0 Å². The fourth-order valence-corrected chi connectivity index (χ4v) is 9.22. The van der Waals surface area contributed by atoms with Gasteiger partial charge in [-0.05, 0) is 53.1 Å². The highest BCUT2D eigenvalue weighted by atomic mass is 15.4. The van der Waals surface area contributed by atoms with Gasteiger partial charge in [-0.1, -0.05) is 113 Å². The van der Waals surface area contributed by atoms with Crippen molar-refractivity contribution < 1.29 is 0 Å². The van der Waals surface area contributed by atoms with E-state index in [-0.39, 0.29) is 16.9 Å². The van der Waals surface area contributed by atoms with E-state index in [2.05, 4.69) is 195 Å². The molecule has 2 atom stereocenters.